The zero-order chi connectivity index (χ0) is 20.5. The second-order valence-electron chi connectivity index (χ2n) is 9.54. The number of hydrogen-bond donors (Lipinski definition) is 0. The van der Waals surface area contributed by atoms with Gasteiger partial charge in [-0.3, -0.25) is 0 Å². The minimum Gasteiger partial charge on any atom is -0.322 e. The van der Waals surface area contributed by atoms with Gasteiger partial charge in [0.25, 0.3) is 0 Å². The Bertz CT molecular complexity index is 451. The van der Waals surface area contributed by atoms with Crippen molar-refractivity contribution in [2.45, 2.75) is 123 Å². The standard InChI is InChI=1S/C27H50N/c1-5-7-9-11-13-15-20-24-27(23-19-14-12-10-8-6-2)28(3,4)25-26-21-17-16-18-22-26/h16-18,21-22,27H,5-15,19-20,23-25H2,1-4H3/q+1. The van der Waals surface area contributed by atoms with Crippen molar-refractivity contribution in [2.75, 3.05) is 14.1 Å². The largest absolute Gasteiger partial charge is 0.322 e. The summed E-state index contributed by atoms with van der Waals surface area (Å²) in [4.78, 5) is 0. The molecule has 0 aromatic heterocycles. The van der Waals surface area contributed by atoms with Crippen LogP contribution < -0.4 is 0 Å². The smallest absolute Gasteiger partial charge is 0.104 e. The first-order valence-corrected chi connectivity index (χ1v) is 12.5. The summed E-state index contributed by atoms with van der Waals surface area (Å²) < 4.78 is 1.15. The van der Waals surface area contributed by atoms with Crippen molar-refractivity contribution in [1.29, 1.82) is 0 Å². The second kappa shape index (κ2) is 16.0. The number of unbranched alkanes of at least 4 members (excludes halogenated alkanes) is 11. The van der Waals surface area contributed by atoms with Gasteiger partial charge in [0.2, 0.25) is 0 Å². The Kier molecular flexibility index (Phi) is 14.4. The summed E-state index contributed by atoms with van der Waals surface area (Å²) in [6, 6.07) is 11.9. The zero-order valence-corrected chi connectivity index (χ0v) is 19.7. The zero-order valence-electron chi connectivity index (χ0n) is 19.7. The highest BCUT2D eigenvalue weighted by molar-refractivity contribution is 5.13. The summed E-state index contributed by atoms with van der Waals surface area (Å²) in [5.41, 5.74) is 1.49. The third-order valence-corrected chi connectivity index (χ3v) is 6.45. The summed E-state index contributed by atoms with van der Waals surface area (Å²) in [5, 5.41) is 0. The average molecular weight is 389 g/mol. The summed E-state index contributed by atoms with van der Waals surface area (Å²) in [5.74, 6) is 0. The predicted molar refractivity (Wildman–Crippen MR) is 127 cm³/mol. The van der Waals surface area contributed by atoms with Crippen LogP contribution in [0.3, 0.4) is 0 Å². The fraction of sp³-hybridized carbons (Fsp3) is 0.778. The monoisotopic (exact) mass is 388 g/mol. The Hall–Kier alpha value is -0.820. The van der Waals surface area contributed by atoms with E-state index >= 15 is 0 Å². The third kappa shape index (κ3) is 11.9. The first-order chi connectivity index (χ1) is 13.6. The van der Waals surface area contributed by atoms with E-state index in [1.807, 2.05) is 0 Å². The molecule has 1 aromatic carbocycles. The summed E-state index contributed by atoms with van der Waals surface area (Å²) >= 11 is 0. The predicted octanol–water partition coefficient (Wildman–Crippen LogP) is 8.52. The first kappa shape index (κ1) is 25.2. The lowest BCUT2D eigenvalue weighted by molar-refractivity contribution is -0.928. The van der Waals surface area contributed by atoms with Crippen LogP contribution in [0, 0.1) is 0 Å². The van der Waals surface area contributed by atoms with Crippen molar-refractivity contribution in [1.82, 2.24) is 0 Å². The minimum absolute atomic E-state index is 0.807. The molecule has 0 bridgehead atoms. The highest BCUT2D eigenvalue weighted by Crippen LogP contribution is 2.24. The molecule has 0 aliphatic carbocycles. The van der Waals surface area contributed by atoms with Gasteiger partial charge in [-0.05, 0) is 25.7 Å². The molecule has 0 N–H and O–H groups in total. The van der Waals surface area contributed by atoms with Gasteiger partial charge in [0.1, 0.15) is 6.54 Å². The maximum Gasteiger partial charge on any atom is 0.104 e. The lowest BCUT2D eigenvalue weighted by Gasteiger charge is -2.39. The molecule has 0 aliphatic rings. The summed E-state index contributed by atoms with van der Waals surface area (Å²) in [6.07, 6.45) is 21.2. The van der Waals surface area contributed by atoms with Gasteiger partial charge >= 0.3 is 0 Å². The third-order valence-electron chi connectivity index (χ3n) is 6.45. The van der Waals surface area contributed by atoms with Crippen molar-refractivity contribution in [3.8, 4) is 0 Å². The van der Waals surface area contributed by atoms with E-state index in [1.165, 1.54) is 102 Å². The van der Waals surface area contributed by atoms with E-state index in [9.17, 15) is 0 Å². The number of nitrogens with zero attached hydrogens (tertiary/aromatic N) is 1. The fourth-order valence-corrected chi connectivity index (χ4v) is 4.52. The topological polar surface area (TPSA) is 0 Å². The quantitative estimate of drug-likeness (QED) is 0.174. The Balaban J connectivity index is 2.46. The van der Waals surface area contributed by atoms with Crippen LogP contribution in [0.5, 0.6) is 0 Å². The van der Waals surface area contributed by atoms with Gasteiger partial charge in [-0.2, -0.15) is 0 Å². The van der Waals surface area contributed by atoms with Gasteiger partial charge in [0.05, 0.1) is 20.1 Å². The van der Waals surface area contributed by atoms with E-state index < -0.39 is 0 Å². The molecule has 0 spiro atoms. The molecule has 1 nitrogen and oxygen atoms in total. The van der Waals surface area contributed by atoms with E-state index in [0.717, 1.165) is 17.1 Å². The molecule has 162 valence electrons. The van der Waals surface area contributed by atoms with E-state index in [1.54, 1.807) is 0 Å². The number of hydrogen-bond acceptors (Lipinski definition) is 0. The van der Waals surface area contributed by atoms with Crippen LogP contribution in [-0.2, 0) is 6.54 Å². The number of rotatable bonds is 18. The lowest BCUT2D eigenvalue weighted by Crippen LogP contribution is -2.48. The van der Waals surface area contributed by atoms with Crippen LogP contribution >= 0.6 is 0 Å². The Morgan fingerprint density at radius 2 is 1.04 bits per heavy atom. The molecular weight excluding hydrogens is 338 g/mol. The molecule has 1 unspecified atom stereocenters. The van der Waals surface area contributed by atoms with Gasteiger partial charge in [-0.1, -0.05) is 115 Å². The van der Waals surface area contributed by atoms with Crippen molar-refractivity contribution < 1.29 is 4.48 Å². The van der Waals surface area contributed by atoms with Crippen molar-refractivity contribution in [3.63, 3.8) is 0 Å². The maximum absolute atomic E-state index is 2.47. The molecule has 1 atom stereocenters. The molecule has 0 aliphatic heterocycles. The normalized spacial score (nSPS) is 13.0. The Morgan fingerprint density at radius 1 is 0.607 bits per heavy atom. The second-order valence-corrected chi connectivity index (χ2v) is 9.54. The molecule has 0 radical (unpaired) electrons. The molecular formula is C27H50N+. The molecule has 0 saturated heterocycles. The van der Waals surface area contributed by atoms with E-state index in [2.05, 4.69) is 58.3 Å². The highest BCUT2D eigenvalue weighted by Gasteiger charge is 2.27. The molecule has 0 fully saturated rings. The maximum atomic E-state index is 2.47. The molecule has 0 heterocycles. The van der Waals surface area contributed by atoms with Gasteiger partial charge in [0.15, 0.2) is 0 Å². The Morgan fingerprint density at radius 3 is 1.50 bits per heavy atom. The van der Waals surface area contributed by atoms with Crippen molar-refractivity contribution in [2.24, 2.45) is 0 Å². The van der Waals surface area contributed by atoms with Crippen LogP contribution in [-0.4, -0.2) is 24.6 Å². The van der Waals surface area contributed by atoms with Crippen LogP contribution in [0.2, 0.25) is 0 Å². The number of benzene rings is 1. The van der Waals surface area contributed by atoms with Gasteiger partial charge in [-0.25, -0.2) is 0 Å². The first-order valence-electron chi connectivity index (χ1n) is 12.5. The fourth-order valence-electron chi connectivity index (χ4n) is 4.52. The molecule has 28 heavy (non-hydrogen) atoms. The molecule has 1 rings (SSSR count). The lowest BCUT2D eigenvalue weighted by atomic mass is 9.97. The Labute approximate surface area is 177 Å². The van der Waals surface area contributed by atoms with E-state index in [-0.39, 0.29) is 0 Å². The van der Waals surface area contributed by atoms with E-state index in [4.69, 9.17) is 0 Å². The van der Waals surface area contributed by atoms with Crippen LogP contribution in [0.4, 0.5) is 0 Å². The van der Waals surface area contributed by atoms with Crippen LogP contribution in [0.1, 0.15) is 116 Å². The molecule has 1 heteroatoms. The van der Waals surface area contributed by atoms with Gasteiger partial charge in [0, 0.05) is 5.56 Å². The molecule has 0 amide bonds. The SMILES string of the molecule is CCCCCCCCCC(CCCCCCCC)[N+](C)(C)Cc1ccccc1. The summed E-state index contributed by atoms with van der Waals surface area (Å²) in [7, 11) is 4.94. The average Bonchev–Trinajstić information content (AvgIpc) is 2.68. The summed E-state index contributed by atoms with van der Waals surface area (Å²) in [6.45, 7) is 5.78. The van der Waals surface area contributed by atoms with E-state index in [0.29, 0.717) is 0 Å². The van der Waals surface area contributed by atoms with Gasteiger partial charge in [-0.15, -0.1) is 0 Å². The number of quaternary nitrogens is 1. The highest BCUT2D eigenvalue weighted by atomic mass is 15.3. The van der Waals surface area contributed by atoms with Crippen LogP contribution in [0.25, 0.3) is 0 Å². The van der Waals surface area contributed by atoms with Crippen molar-refractivity contribution in [3.05, 3.63) is 35.9 Å². The van der Waals surface area contributed by atoms with Crippen LogP contribution in [0.15, 0.2) is 30.3 Å². The molecule has 1 aromatic rings. The molecule has 0 saturated carbocycles. The van der Waals surface area contributed by atoms with Crippen molar-refractivity contribution >= 4 is 0 Å². The van der Waals surface area contributed by atoms with Gasteiger partial charge < -0.3 is 4.48 Å². The minimum atomic E-state index is 0.807.